The van der Waals surface area contributed by atoms with Crippen LogP contribution in [0.1, 0.15) is 42.5 Å². The van der Waals surface area contributed by atoms with Gasteiger partial charge in [-0.2, -0.15) is 0 Å². The lowest BCUT2D eigenvalue weighted by molar-refractivity contribution is 0.247. The molecule has 0 spiro atoms. The molecule has 4 heterocycles. The molecule has 0 saturated heterocycles. The molecule has 34 heavy (non-hydrogen) atoms. The first kappa shape index (κ1) is 22.5. The Labute approximate surface area is 204 Å². The molecule has 0 unspecified atom stereocenters. The van der Waals surface area contributed by atoms with Gasteiger partial charge in [0.25, 0.3) is 0 Å². The van der Waals surface area contributed by atoms with Crippen molar-refractivity contribution in [3.05, 3.63) is 88.8 Å². The molecule has 5 rings (SSSR count). The molecule has 3 aromatic heterocycles. The maximum atomic E-state index is 6.31. The van der Waals surface area contributed by atoms with Crippen LogP contribution >= 0.6 is 11.3 Å². The predicted octanol–water partition coefficient (Wildman–Crippen LogP) is 6.32. The van der Waals surface area contributed by atoms with Crippen LogP contribution in [0.2, 0.25) is 0 Å². The number of ether oxygens (including phenoxy) is 1. The zero-order valence-electron chi connectivity index (χ0n) is 19.8. The van der Waals surface area contributed by atoms with E-state index in [1.54, 1.807) is 17.5 Å². The molecule has 1 aliphatic heterocycles. The molecule has 0 fully saturated rings. The van der Waals surface area contributed by atoms with Gasteiger partial charge in [-0.15, -0.1) is 11.3 Å². The number of aromatic nitrogens is 3. The molecule has 7 heteroatoms. The fraction of sp³-hybridized carbons (Fsp3) is 0.296. The van der Waals surface area contributed by atoms with Gasteiger partial charge in [-0.25, -0.2) is 9.97 Å². The Morgan fingerprint density at radius 1 is 1.06 bits per heavy atom. The van der Waals surface area contributed by atoms with Gasteiger partial charge in [-0.05, 0) is 35.2 Å². The summed E-state index contributed by atoms with van der Waals surface area (Å²) in [5, 5.41) is 4.33. The van der Waals surface area contributed by atoms with Gasteiger partial charge in [-0.3, -0.25) is 9.88 Å². The number of anilines is 2. The van der Waals surface area contributed by atoms with Crippen molar-refractivity contribution in [2.75, 3.05) is 11.9 Å². The summed E-state index contributed by atoms with van der Waals surface area (Å²) < 4.78 is 6.31. The van der Waals surface area contributed by atoms with Gasteiger partial charge in [0, 0.05) is 55.1 Å². The largest absolute Gasteiger partial charge is 0.437 e. The molecule has 0 radical (unpaired) electrons. The molecule has 1 aliphatic rings. The van der Waals surface area contributed by atoms with Gasteiger partial charge in [0.15, 0.2) is 5.13 Å². The maximum absolute atomic E-state index is 6.31. The summed E-state index contributed by atoms with van der Waals surface area (Å²) in [5.41, 5.74) is 4.34. The van der Waals surface area contributed by atoms with Crippen molar-refractivity contribution in [3.8, 4) is 11.6 Å². The molecule has 0 atom stereocenters. The zero-order chi connectivity index (χ0) is 23.5. The van der Waals surface area contributed by atoms with E-state index in [1.807, 2.05) is 48.8 Å². The highest BCUT2D eigenvalue weighted by molar-refractivity contribution is 7.15. The Hall–Kier alpha value is -3.29. The number of thiazole rings is 1. The maximum Gasteiger partial charge on any atom is 0.243 e. The molecule has 6 nitrogen and oxygen atoms in total. The molecular weight excluding hydrogens is 442 g/mol. The number of hydrogen-bond acceptors (Lipinski definition) is 7. The highest BCUT2D eigenvalue weighted by atomic mass is 32.1. The Morgan fingerprint density at radius 2 is 1.91 bits per heavy atom. The van der Waals surface area contributed by atoms with Crippen molar-refractivity contribution in [1.29, 1.82) is 0 Å². The minimum Gasteiger partial charge on any atom is -0.437 e. The van der Waals surface area contributed by atoms with E-state index in [9.17, 15) is 0 Å². The lowest BCUT2D eigenvalue weighted by Crippen LogP contribution is -2.29. The van der Waals surface area contributed by atoms with Crippen LogP contribution in [0.15, 0.2) is 67.1 Å². The van der Waals surface area contributed by atoms with E-state index in [4.69, 9.17) is 9.72 Å². The van der Waals surface area contributed by atoms with Gasteiger partial charge in [0.05, 0.1) is 5.69 Å². The number of nitrogens with zero attached hydrogens (tertiary/aromatic N) is 4. The molecule has 0 aliphatic carbocycles. The first-order valence-corrected chi connectivity index (χ1v) is 12.4. The van der Waals surface area contributed by atoms with Gasteiger partial charge in [-0.1, -0.05) is 45.0 Å². The van der Waals surface area contributed by atoms with E-state index in [-0.39, 0.29) is 5.41 Å². The van der Waals surface area contributed by atoms with E-state index >= 15 is 0 Å². The summed E-state index contributed by atoms with van der Waals surface area (Å²) in [6.45, 7) is 9.36. The molecule has 0 bridgehead atoms. The standard InChI is InChI=1S/C27H29N5OS/c1-27(2,3)20-9-4-5-11-23(20)33-25-22(10-7-14-29-25)31-26-30-21-12-15-32(18-24(21)34-26)17-19-8-6-13-28-16-19/h4-11,13-14,16H,12,15,17-18H2,1-3H3,(H,30,31). The molecule has 0 saturated carbocycles. The fourth-order valence-corrected chi connectivity index (χ4v) is 5.21. The second-order valence-corrected chi connectivity index (χ2v) is 10.6. The third-order valence-electron chi connectivity index (χ3n) is 5.85. The second kappa shape index (κ2) is 9.52. The van der Waals surface area contributed by atoms with Crippen LogP contribution in [0.3, 0.4) is 0 Å². The number of nitrogens with one attached hydrogen (secondary N) is 1. The average molecular weight is 472 g/mol. The Bertz CT molecular complexity index is 1270. The lowest BCUT2D eigenvalue weighted by atomic mass is 9.86. The summed E-state index contributed by atoms with van der Waals surface area (Å²) in [5.74, 6) is 1.37. The van der Waals surface area contributed by atoms with E-state index in [0.29, 0.717) is 5.88 Å². The van der Waals surface area contributed by atoms with Crippen molar-refractivity contribution in [2.24, 2.45) is 0 Å². The number of para-hydroxylation sites is 1. The SMILES string of the molecule is CC(C)(C)c1ccccc1Oc1ncccc1Nc1nc2c(s1)CN(Cc1cccnc1)CC2. The highest BCUT2D eigenvalue weighted by Crippen LogP contribution is 2.37. The van der Waals surface area contributed by atoms with Crippen molar-refractivity contribution < 1.29 is 4.74 Å². The minimum absolute atomic E-state index is 0.0327. The van der Waals surface area contributed by atoms with E-state index in [2.05, 4.69) is 53.1 Å². The number of hydrogen-bond donors (Lipinski definition) is 1. The summed E-state index contributed by atoms with van der Waals surface area (Å²) in [4.78, 5) is 17.4. The normalized spacial score (nSPS) is 14.0. The van der Waals surface area contributed by atoms with Crippen LogP contribution < -0.4 is 10.1 Å². The average Bonchev–Trinajstić information content (AvgIpc) is 3.22. The minimum atomic E-state index is -0.0327. The smallest absolute Gasteiger partial charge is 0.243 e. The van der Waals surface area contributed by atoms with Crippen LogP contribution in [-0.2, 0) is 24.9 Å². The second-order valence-electron chi connectivity index (χ2n) is 9.54. The molecule has 4 aromatic rings. The van der Waals surface area contributed by atoms with Crippen molar-refractivity contribution in [2.45, 2.75) is 45.7 Å². The van der Waals surface area contributed by atoms with Gasteiger partial charge < -0.3 is 10.1 Å². The van der Waals surface area contributed by atoms with Crippen LogP contribution in [-0.4, -0.2) is 26.4 Å². The van der Waals surface area contributed by atoms with Crippen LogP contribution in [0, 0.1) is 0 Å². The van der Waals surface area contributed by atoms with Crippen molar-refractivity contribution in [1.82, 2.24) is 19.9 Å². The van der Waals surface area contributed by atoms with Gasteiger partial charge in [0.2, 0.25) is 5.88 Å². The monoisotopic (exact) mass is 471 g/mol. The molecular formula is C27H29N5OS. The zero-order valence-corrected chi connectivity index (χ0v) is 20.6. The summed E-state index contributed by atoms with van der Waals surface area (Å²) >= 11 is 1.70. The predicted molar refractivity (Wildman–Crippen MR) is 137 cm³/mol. The Kier molecular flexibility index (Phi) is 6.30. The topological polar surface area (TPSA) is 63.2 Å². The number of fused-ring (bicyclic) bond motifs is 1. The Morgan fingerprint density at radius 3 is 2.74 bits per heavy atom. The Balaban J connectivity index is 1.33. The van der Waals surface area contributed by atoms with Crippen LogP contribution in [0.5, 0.6) is 11.6 Å². The fourth-order valence-electron chi connectivity index (χ4n) is 4.15. The van der Waals surface area contributed by atoms with Crippen molar-refractivity contribution in [3.63, 3.8) is 0 Å². The highest BCUT2D eigenvalue weighted by Gasteiger charge is 2.23. The quantitative estimate of drug-likeness (QED) is 0.355. The molecule has 1 N–H and O–H groups in total. The number of benzene rings is 1. The third-order valence-corrected chi connectivity index (χ3v) is 6.85. The summed E-state index contributed by atoms with van der Waals surface area (Å²) in [6.07, 6.45) is 6.46. The van der Waals surface area contributed by atoms with Crippen molar-refractivity contribution >= 4 is 22.2 Å². The van der Waals surface area contributed by atoms with Gasteiger partial charge >= 0.3 is 0 Å². The number of rotatable bonds is 6. The third kappa shape index (κ3) is 5.11. The first-order chi connectivity index (χ1) is 16.5. The molecule has 1 aromatic carbocycles. The first-order valence-electron chi connectivity index (χ1n) is 11.5. The summed E-state index contributed by atoms with van der Waals surface area (Å²) in [7, 11) is 0. The lowest BCUT2D eigenvalue weighted by Gasteiger charge is -2.25. The molecule has 174 valence electrons. The van der Waals surface area contributed by atoms with E-state index in [0.717, 1.165) is 48.2 Å². The van der Waals surface area contributed by atoms with Crippen LogP contribution in [0.25, 0.3) is 0 Å². The van der Waals surface area contributed by atoms with E-state index in [1.165, 1.54) is 16.1 Å². The molecule has 0 amide bonds. The summed E-state index contributed by atoms with van der Waals surface area (Å²) in [6, 6.07) is 16.2. The van der Waals surface area contributed by atoms with Crippen LogP contribution in [0.4, 0.5) is 10.8 Å². The number of pyridine rings is 2. The van der Waals surface area contributed by atoms with E-state index < -0.39 is 0 Å². The van der Waals surface area contributed by atoms with Gasteiger partial charge in [0.1, 0.15) is 11.4 Å².